The zero-order valence-electron chi connectivity index (χ0n) is 14.9. The van der Waals surface area contributed by atoms with E-state index in [1.54, 1.807) is 0 Å². The third-order valence-corrected chi connectivity index (χ3v) is 6.18. The maximum atomic E-state index is 12.1. The lowest BCUT2D eigenvalue weighted by Crippen LogP contribution is -2.39. The van der Waals surface area contributed by atoms with Gasteiger partial charge < -0.3 is 11.1 Å². The first-order valence-corrected chi connectivity index (χ1v) is 9.97. The average molecular weight is 364 g/mol. The zero-order chi connectivity index (χ0) is 17.6. The number of carbonyl (C=O) groups excluding carboxylic acids is 1. The minimum absolute atomic E-state index is 0.181. The average Bonchev–Trinajstić information content (AvgIpc) is 3.01. The fourth-order valence-electron chi connectivity index (χ4n) is 4.10. The molecule has 1 heterocycles. The first-order chi connectivity index (χ1) is 12.1. The van der Waals surface area contributed by atoms with Crippen molar-refractivity contribution in [2.45, 2.75) is 51.1 Å². The Labute approximate surface area is 156 Å². The molecule has 138 valence electrons. The molecular weight excluding hydrogens is 334 g/mol. The molecule has 1 aromatic rings. The maximum absolute atomic E-state index is 12.1. The van der Waals surface area contributed by atoms with E-state index >= 15 is 0 Å². The molecule has 0 bridgehead atoms. The number of rotatable bonds is 6. The molecule has 0 aromatic heterocycles. The molecule has 1 aromatic carbocycles. The SMILES string of the molecule is N[C@@H]1CCC[C@H]1CC(=O)NCC1CCN(Cc2ccccc2Cl)CC1. The Balaban J connectivity index is 1.35. The van der Waals surface area contributed by atoms with Gasteiger partial charge in [0.15, 0.2) is 0 Å². The van der Waals surface area contributed by atoms with Gasteiger partial charge >= 0.3 is 0 Å². The summed E-state index contributed by atoms with van der Waals surface area (Å²) in [6, 6.07) is 8.29. The number of nitrogens with zero attached hydrogens (tertiary/aromatic N) is 1. The summed E-state index contributed by atoms with van der Waals surface area (Å²) >= 11 is 6.25. The summed E-state index contributed by atoms with van der Waals surface area (Å²) in [5, 5.41) is 3.99. The lowest BCUT2D eigenvalue weighted by Gasteiger charge is -2.32. The number of likely N-dealkylation sites (tertiary alicyclic amines) is 1. The Morgan fingerprint density at radius 2 is 1.96 bits per heavy atom. The lowest BCUT2D eigenvalue weighted by molar-refractivity contribution is -0.122. The quantitative estimate of drug-likeness (QED) is 0.816. The van der Waals surface area contributed by atoms with Gasteiger partial charge in [-0.05, 0) is 62.2 Å². The molecule has 3 rings (SSSR count). The van der Waals surface area contributed by atoms with Crippen LogP contribution in [0, 0.1) is 11.8 Å². The number of carbonyl (C=O) groups is 1. The van der Waals surface area contributed by atoms with Crippen molar-refractivity contribution >= 4 is 17.5 Å². The molecule has 4 nitrogen and oxygen atoms in total. The number of amides is 1. The van der Waals surface area contributed by atoms with Crippen molar-refractivity contribution in [3.63, 3.8) is 0 Å². The van der Waals surface area contributed by atoms with Crippen LogP contribution in [0.5, 0.6) is 0 Å². The lowest BCUT2D eigenvalue weighted by atomic mass is 9.95. The summed E-state index contributed by atoms with van der Waals surface area (Å²) in [6.45, 7) is 3.86. The Hall–Kier alpha value is -1.10. The predicted octanol–water partition coefficient (Wildman–Crippen LogP) is 3.19. The monoisotopic (exact) mass is 363 g/mol. The van der Waals surface area contributed by atoms with Gasteiger partial charge in [-0.2, -0.15) is 0 Å². The topological polar surface area (TPSA) is 58.4 Å². The van der Waals surface area contributed by atoms with E-state index in [9.17, 15) is 4.79 Å². The molecule has 2 fully saturated rings. The first kappa shape index (κ1) is 18.7. The molecule has 2 aliphatic rings. The number of benzene rings is 1. The predicted molar refractivity (Wildman–Crippen MR) is 102 cm³/mol. The summed E-state index contributed by atoms with van der Waals surface area (Å²) < 4.78 is 0. The summed E-state index contributed by atoms with van der Waals surface area (Å²) in [7, 11) is 0. The van der Waals surface area contributed by atoms with Crippen molar-refractivity contribution in [3.8, 4) is 0 Å². The van der Waals surface area contributed by atoms with Crippen LogP contribution in [0.15, 0.2) is 24.3 Å². The largest absolute Gasteiger partial charge is 0.356 e. The van der Waals surface area contributed by atoms with Gasteiger partial charge in [0.05, 0.1) is 0 Å². The van der Waals surface area contributed by atoms with Gasteiger partial charge in [0.25, 0.3) is 0 Å². The molecule has 1 aliphatic heterocycles. The van der Waals surface area contributed by atoms with E-state index in [1.165, 1.54) is 12.0 Å². The summed E-state index contributed by atoms with van der Waals surface area (Å²) in [6.07, 6.45) is 6.22. The minimum atomic E-state index is 0.181. The molecule has 1 saturated heterocycles. The van der Waals surface area contributed by atoms with E-state index in [2.05, 4.69) is 16.3 Å². The Kier molecular flexibility index (Phi) is 6.74. The third-order valence-electron chi connectivity index (χ3n) is 5.81. The molecule has 5 heteroatoms. The van der Waals surface area contributed by atoms with Crippen molar-refractivity contribution in [2.75, 3.05) is 19.6 Å². The molecule has 0 spiro atoms. The highest BCUT2D eigenvalue weighted by molar-refractivity contribution is 6.31. The fraction of sp³-hybridized carbons (Fsp3) is 0.650. The third kappa shape index (κ3) is 5.44. The summed E-state index contributed by atoms with van der Waals surface area (Å²) in [5.74, 6) is 1.15. The number of nitrogens with one attached hydrogen (secondary N) is 1. The highest BCUT2D eigenvalue weighted by atomic mass is 35.5. The Bertz CT molecular complexity index is 572. The molecule has 0 unspecified atom stereocenters. The van der Waals surface area contributed by atoms with Crippen LogP contribution in [0.4, 0.5) is 0 Å². The van der Waals surface area contributed by atoms with Crippen LogP contribution in [-0.4, -0.2) is 36.5 Å². The zero-order valence-corrected chi connectivity index (χ0v) is 15.7. The van der Waals surface area contributed by atoms with Crippen molar-refractivity contribution < 1.29 is 4.79 Å². The van der Waals surface area contributed by atoms with Crippen molar-refractivity contribution in [1.29, 1.82) is 0 Å². The van der Waals surface area contributed by atoms with E-state index < -0.39 is 0 Å². The van der Waals surface area contributed by atoms with Crippen LogP contribution in [0.1, 0.15) is 44.1 Å². The van der Waals surface area contributed by atoms with Crippen LogP contribution in [0.25, 0.3) is 0 Å². The normalized spacial score (nSPS) is 25.2. The number of halogens is 1. The highest BCUT2D eigenvalue weighted by Crippen LogP contribution is 2.27. The van der Waals surface area contributed by atoms with E-state index in [-0.39, 0.29) is 11.9 Å². The van der Waals surface area contributed by atoms with Gasteiger partial charge in [-0.1, -0.05) is 36.2 Å². The highest BCUT2D eigenvalue weighted by Gasteiger charge is 2.26. The van der Waals surface area contributed by atoms with Crippen LogP contribution in [0.2, 0.25) is 5.02 Å². The second-order valence-corrected chi connectivity index (χ2v) is 8.08. The molecule has 1 amide bonds. The van der Waals surface area contributed by atoms with Crippen molar-refractivity contribution in [3.05, 3.63) is 34.9 Å². The van der Waals surface area contributed by atoms with E-state index in [4.69, 9.17) is 17.3 Å². The molecule has 0 radical (unpaired) electrons. The second-order valence-electron chi connectivity index (χ2n) is 7.67. The number of nitrogens with two attached hydrogens (primary N) is 1. The molecular formula is C20H30ClN3O. The van der Waals surface area contributed by atoms with Crippen LogP contribution >= 0.6 is 11.6 Å². The number of hydrogen-bond donors (Lipinski definition) is 2. The molecule has 1 aliphatic carbocycles. The Morgan fingerprint density at radius 1 is 1.20 bits per heavy atom. The molecule has 3 N–H and O–H groups in total. The van der Waals surface area contributed by atoms with Gasteiger partial charge in [-0.3, -0.25) is 9.69 Å². The van der Waals surface area contributed by atoms with E-state index in [0.717, 1.165) is 56.9 Å². The van der Waals surface area contributed by atoms with Crippen LogP contribution in [-0.2, 0) is 11.3 Å². The van der Waals surface area contributed by atoms with Crippen molar-refractivity contribution in [2.24, 2.45) is 17.6 Å². The Morgan fingerprint density at radius 3 is 2.64 bits per heavy atom. The molecule has 25 heavy (non-hydrogen) atoms. The fourth-order valence-corrected chi connectivity index (χ4v) is 4.30. The van der Waals surface area contributed by atoms with Gasteiger partial charge in [0.2, 0.25) is 5.91 Å². The van der Waals surface area contributed by atoms with E-state index in [1.807, 2.05) is 18.2 Å². The molecule has 2 atom stereocenters. The van der Waals surface area contributed by atoms with Gasteiger partial charge in [-0.25, -0.2) is 0 Å². The van der Waals surface area contributed by atoms with Gasteiger partial charge in [0, 0.05) is 30.6 Å². The van der Waals surface area contributed by atoms with Gasteiger partial charge in [0.1, 0.15) is 0 Å². The number of hydrogen-bond acceptors (Lipinski definition) is 3. The maximum Gasteiger partial charge on any atom is 0.220 e. The standard InChI is InChI=1S/C20H30ClN3O/c21-18-6-2-1-4-17(18)14-24-10-8-15(9-11-24)13-23-20(25)12-16-5-3-7-19(16)22/h1-2,4,6,15-16,19H,3,5,7-14,22H2,(H,23,25)/t16-,19+/m0/s1. The van der Waals surface area contributed by atoms with E-state index in [0.29, 0.717) is 18.3 Å². The number of piperidine rings is 1. The van der Waals surface area contributed by atoms with Gasteiger partial charge in [-0.15, -0.1) is 0 Å². The van der Waals surface area contributed by atoms with Crippen molar-refractivity contribution in [1.82, 2.24) is 10.2 Å². The minimum Gasteiger partial charge on any atom is -0.356 e. The second kappa shape index (κ2) is 9.02. The van der Waals surface area contributed by atoms with Crippen LogP contribution in [0.3, 0.4) is 0 Å². The smallest absolute Gasteiger partial charge is 0.220 e. The molecule has 1 saturated carbocycles. The summed E-state index contributed by atoms with van der Waals surface area (Å²) in [4.78, 5) is 14.6. The summed E-state index contributed by atoms with van der Waals surface area (Å²) in [5.41, 5.74) is 7.26. The first-order valence-electron chi connectivity index (χ1n) is 9.60. The van der Waals surface area contributed by atoms with Crippen LogP contribution < -0.4 is 11.1 Å².